The van der Waals surface area contributed by atoms with E-state index in [1.54, 1.807) is 7.11 Å². The minimum Gasteiger partial charge on any atom is -0.396 e. The fraction of sp³-hybridized carbons (Fsp3) is 0.818. The van der Waals surface area contributed by atoms with Crippen molar-refractivity contribution in [3.63, 3.8) is 0 Å². The molecule has 0 bridgehead atoms. The molecule has 0 radical (unpaired) electrons. The summed E-state index contributed by atoms with van der Waals surface area (Å²) in [7, 11) is 1.60. The molecule has 0 aliphatic carbocycles. The van der Waals surface area contributed by atoms with E-state index in [1.807, 2.05) is 13.0 Å². The molecule has 3 atom stereocenters. The summed E-state index contributed by atoms with van der Waals surface area (Å²) < 4.78 is 10.4. The fourth-order valence-electron chi connectivity index (χ4n) is 1.54. The summed E-state index contributed by atoms with van der Waals surface area (Å²) in [5.74, 6) is 0.477. The fourth-order valence-corrected chi connectivity index (χ4v) is 1.54. The average Bonchev–Trinajstić information content (AvgIpc) is 2.18. The minimum absolute atomic E-state index is 0.0259. The van der Waals surface area contributed by atoms with Gasteiger partial charge in [-0.1, -0.05) is 19.9 Å². The van der Waals surface area contributed by atoms with Gasteiger partial charge in [0.15, 0.2) is 0 Å². The molecule has 1 N–H and O–H groups in total. The molecular weight excluding hydrogens is 180 g/mol. The third-order valence-electron chi connectivity index (χ3n) is 2.33. The van der Waals surface area contributed by atoms with Gasteiger partial charge < -0.3 is 14.6 Å². The molecule has 0 heterocycles. The Labute approximate surface area is 86.7 Å². The van der Waals surface area contributed by atoms with Crippen molar-refractivity contribution in [2.75, 3.05) is 20.5 Å². The van der Waals surface area contributed by atoms with Crippen molar-refractivity contribution in [3.05, 3.63) is 12.7 Å². The summed E-state index contributed by atoms with van der Waals surface area (Å²) in [6.45, 7) is 8.17. The molecule has 0 amide bonds. The van der Waals surface area contributed by atoms with Crippen LogP contribution in [0.2, 0.25) is 0 Å². The number of hydrogen-bond acceptors (Lipinski definition) is 3. The van der Waals surface area contributed by atoms with Crippen molar-refractivity contribution in [2.45, 2.75) is 26.4 Å². The van der Waals surface area contributed by atoms with Crippen molar-refractivity contribution >= 4 is 0 Å². The van der Waals surface area contributed by atoms with Crippen LogP contribution in [0.4, 0.5) is 0 Å². The molecule has 0 saturated heterocycles. The van der Waals surface area contributed by atoms with E-state index in [4.69, 9.17) is 14.6 Å². The van der Waals surface area contributed by atoms with Gasteiger partial charge in [0.25, 0.3) is 0 Å². The highest BCUT2D eigenvalue weighted by atomic mass is 16.7. The molecule has 84 valence electrons. The maximum absolute atomic E-state index is 9.07. The van der Waals surface area contributed by atoms with Crippen LogP contribution in [0.1, 0.15) is 20.3 Å². The molecule has 0 aromatic carbocycles. The molecule has 0 fully saturated rings. The molecule has 0 aliphatic rings. The van der Waals surface area contributed by atoms with E-state index in [1.165, 1.54) is 0 Å². The number of allylic oxidation sites excluding steroid dienone is 1. The van der Waals surface area contributed by atoms with Crippen LogP contribution in [0.3, 0.4) is 0 Å². The van der Waals surface area contributed by atoms with Crippen LogP contribution < -0.4 is 0 Å². The van der Waals surface area contributed by atoms with Crippen LogP contribution in [0.15, 0.2) is 12.7 Å². The highest BCUT2D eigenvalue weighted by Crippen LogP contribution is 2.20. The number of methoxy groups -OCH3 is 1. The molecule has 0 aromatic rings. The van der Waals surface area contributed by atoms with Crippen LogP contribution in [0.25, 0.3) is 0 Å². The standard InChI is InChI=1S/C11H22O3/c1-5-6-9(2)11(10(3)7-12)14-8-13-4/h5,9-12H,1,6-8H2,2-4H3/t9-,10-,11-/m0/s1. The van der Waals surface area contributed by atoms with E-state index >= 15 is 0 Å². The zero-order chi connectivity index (χ0) is 11.0. The Balaban J connectivity index is 4.13. The predicted molar refractivity (Wildman–Crippen MR) is 57.0 cm³/mol. The van der Waals surface area contributed by atoms with Crippen molar-refractivity contribution < 1.29 is 14.6 Å². The van der Waals surface area contributed by atoms with Gasteiger partial charge >= 0.3 is 0 Å². The first-order chi connectivity index (χ1) is 6.67. The van der Waals surface area contributed by atoms with Gasteiger partial charge in [-0.2, -0.15) is 0 Å². The molecule has 0 saturated carbocycles. The van der Waals surface area contributed by atoms with E-state index in [0.717, 1.165) is 6.42 Å². The third-order valence-corrected chi connectivity index (χ3v) is 2.33. The first-order valence-corrected chi connectivity index (χ1v) is 4.99. The Morgan fingerprint density at radius 1 is 1.36 bits per heavy atom. The Kier molecular flexibility index (Phi) is 7.76. The van der Waals surface area contributed by atoms with Crippen LogP contribution >= 0.6 is 0 Å². The molecule has 0 rings (SSSR count). The maximum Gasteiger partial charge on any atom is 0.146 e. The quantitative estimate of drug-likeness (QED) is 0.482. The minimum atomic E-state index is 0.0259. The van der Waals surface area contributed by atoms with E-state index in [9.17, 15) is 0 Å². The molecule has 0 spiro atoms. The van der Waals surface area contributed by atoms with E-state index in [2.05, 4.69) is 13.5 Å². The summed E-state index contributed by atoms with van der Waals surface area (Å²) in [6.07, 6.45) is 2.79. The van der Waals surface area contributed by atoms with Crippen molar-refractivity contribution in [3.8, 4) is 0 Å². The van der Waals surface area contributed by atoms with Gasteiger partial charge in [-0.25, -0.2) is 0 Å². The van der Waals surface area contributed by atoms with Gasteiger partial charge in [0.2, 0.25) is 0 Å². The van der Waals surface area contributed by atoms with E-state index in [-0.39, 0.29) is 25.4 Å². The largest absolute Gasteiger partial charge is 0.396 e. The second-order valence-corrected chi connectivity index (χ2v) is 3.70. The topological polar surface area (TPSA) is 38.7 Å². The highest BCUT2D eigenvalue weighted by Gasteiger charge is 2.23. The summed E-state index contributed by atoms with van der Waals surface area (Å²) in [6, 6.07) is 0. The van der Waals surface area contributed by atoms with E-state index in [0.29, 0.717) is 5.92 Å². The molecule has 0 unspecified atom stereocenters. The predicted octanol–water partition coefficient (Wildman–Crippen LogP) is 1.82. The van der Waals surface area contributed by atoms with Gasteiger partial charge in [-0.3, -0.25) is 0 Å². The van der Waals surface area contributed by atoms with Gasteiger partial charge in [0, 0.05) is 19.6 Å². The summed E-state index contributed by atoms with van der Waals surface area (Å²) >= 11 is 0. The first-order valence-electron chi connectivity index (χ1n) is 4.99. The molecule has 14 heavy (non-hydrogen) atoms. The summed E-state index contributed by atoms with van der Waals surface area (Å²) in [5.41, 5.74) is 0. The number of hydrogen-bond donors (Lipinski definition) is 1. The van der Waals surface area contributed by atoms with E-state index < -0.39 is 0 Å². The second kappa shape index (κ2) is 7.97. The van der Waals surface area contributed by atoms with Gasteiger partial charge in [-0.15, -0.1) is 6.58 Å². The molecule has 0 aromatic heterocycles. The Hall–Kier alpha value is -0.380. The number of ether oxygens (including phenoxy) is 2. The zero-order valence-electron chi connectivity index (χ0n) is 9.40. The van der Waals surface area contributed by atoms with Crippen molar-refractivity contribution in [1.29, 1.82) is 0 Å². The molecule has 3 heteroatoms. The lowest BCUT2D eigenvalue weighted by molar-refractivity contribution is -0.113. The smallest absolute Gasteiger partial charge is 0.146 e. The monoisotopic (exact) mass is 202 g/mol. The molecule has 0 aliphatic heterocycles. The number of rotatable bonds is 8. The normalized spacial score (nSPS) is 17.4. The van der Waals surface area contributed by atoms with Crippen molar-refractivity contribution in [2.24, 2.45) is 11.8 Å². The summed E-state index contributed by atoms with van der Waals surface area (Å²) in [5, 5.41) is 9.07. The Morgan fingerprint density at radius 3 is 2.43 bits per heavy atom. The van der Waals surface area contributed by atoms with Crippen LogP contribution in [0.5, 0.6) is 0 Å². The maximum atomic E-state index is 9.07. The second-order valence-electron chi connectivity index (χ2n) is 3.70. The lowest BCUT2D eigenvalue weighted by Crippen LogP contribution is -2.31. The van der Waals surface area contributed by atoms with Crippen LogP contribution in [0, 0.1) is 11.8 Å². The zero-order valence-corrected chi connectivity index (χ0v) is 9.40. The number of aliphatic hydroxyl groups is 1. The SMILES string of the molecule is C=CC[C@H](C)[C@H](OCOC)[C@@H](C)CO. The van der Waals surface area contributed by atoms with Crippen LogP contribution in [-0.2, 0) is 9.47 Å². The Bertz CT molecular complexity index is 147. The Morgan fingerprint density at radius 2 is 2.00 bits per heavy atom. The lowest BCUT2D eigenvalue weighted by Gasteiger charge is -2.27. The van der Waals surface area contributed by atoms with Gasteiger partial charge in [-0.05, 0) is 12.3 Å². The highest BCUT2D eigenvalue weighted by molar-refractivity contribution is 4.79. The first kappa shape index (κ1) is 13.6. The third kappa shape index (κ3) is 4.74. The number of aliphatic hydroxyl groups excluding tert-OH is 1. The van der Waals surface area contributed by atoms with Crippen molar-refractivity contribution in [1.82, 2.24) is 0 Å². The molecular formula is C11H22O3. The van der Waals surface area contributed by atoms with Gasteiger partial charge in [0.05, 0.1) is 6.10 Å². The summed E-state index contributed by atoms with van der Waals surface area (Å²) in [4.78, 5) is 0. The van der Waals surface area contributed by atoms with Gasteiger partial charge in [0.1, 0.15) is 6.79 Å². The lowest BCUT2D eigenvalue weighted by atomic mass is 9.91. The molecule has 3 nitrogen and oxygen atoms in total. The average molecular weight is 202 g/mol. The van der Waals surface area contributed by atoms with Crippen LogP contribution in [-0.4, -0.2) is 31.7 Å².